The minimum Gasteiger partial charge on any atom is -0.480 e. The number of rotatable bonds is 13. The normalized spacial score (nSPS) is 14.3. The van der Waals surface area contributed by atoms with Crippen molar-refractivity contribution in [2.75, 3.05) is 0 Å². The van der Waals surface area contributed by atoms with Crippen LogP contribution in [0.2, 0.25) is 0 Å². The molecule has 212 valence electrons. The van der Waals surface area contributed by atoms with Crippen molar-refractivity contribution in [3.05, 3.63) is 94.0 Å². The number of carboxylic acids is 1. The fourth-order valence-corrected chi connectivity index (χ4v) is 5.65. The Morgan fingerprint density at radius 1 is 0.900 bits per heavy atom. The number of ether oxygens (including phenoxy) is 1. The summed E-state index contributed by atoms with van der Waals surface area (Å²) in [5, 5.41) is 12.3. The number of nitrogens with one attached hydrogen (secondary N) is 1. The third-order valence-electron chi connectivity index (χ3n) is 7.96. The molecule has 1 amide bonds. The van der Waals surface area contributed by atoms with Crippen LogP contribution in [0.15, 0.2) is 60.7 Å². The highest BCUT2D eigenvalue weighted by Crippen LogP contribution is 2.32. The second kappa shape index (κ2) is 14.3. The fourth-order valence-electron chi connectivity index (χ4n) is 5.65. The topological polar surface area (TPSA) is 75.6 Å². The number of hydrogen-bond donors (Lipinski definition) is 2. The van der Waals surface area contributed by atoms with Gasteiger partial charge in [-0.25, -0.2) is 4.79 Å². The maximum absolute atomic E-state index is 13.3. The van der Waals surface area contributed by atoms with E-state index in [9.17, 15) is 14.7 Å². The van der Waals surface area contributed by atoms with Crippen molar-refractivity contribution in [3.8, 4) is 11.1 Å². The Kier molecular flexibility index (Phi) is 10.5. The van der Waals surface area contributed by atoms with Gasteiger partial charge in [-0.2, -0.15) is 0 Å². The van der Waals surface area contributed by atoms with Crippen molar-refractivity contribution in [1.82, 2.24) is 5.32 Å². The van der Waals surface area contributed by atoms with Crippen LogP contribution in [0.1, 0.15) is 103 Å². The van der Waals surface area contributed by atoms with Gasteiger partial charge in [-0.15, -0.1) is 0 Å². The van der Waals surface area contributed by atoms with E-state index in [0.29, 0.717) is 25.0 Å². The molecule has 0 aliphatic heterocycles. The smallest absolute Gasteiger partial charge is 0.326 e. The molecule has 1 aliphatic carbocycles. The van der Waals surface area contributed by atoms with Crippen LogP contribution in [0.25, 0.3) is 11.1 Å². The summed E-state index contributed by atoms with van der Waals surface area (Å²) < 4.78 is 6.58. The minimum atomic E-state index is -1.02. The number of benzene rings is 3. The van der Waals surface area contributed by atoms with E-state index in [1.165, 1.54) is 36.0 Å². The first-order valence-electron chi connectivity index (χ1n) is 14.9. The molecule has 40 heavy (non-hydrogen) atoms. The molecule has 0 radical (unpaired) electrons. The van der Waals surface area contributed by atoms with Gasteiger partial charge in [0.2, 0.25) is 0 Å². The van der Waals surface area contributed by atoms with Gasteiger partial charge in [0, 0.05) is 5.56 Å². The van der Waals surface area contributed by atoms with Gasteiger partial charge in [0.15, 0.2) is 0 Å². The quantitative estimate of drug-likeness (QED) is 0.230. The van der Waals surface area contributed by atoms with E-state index in [0.717, 1.165) is 47.9 Å². The van der Waals surface area contributed by atoms with Crippen LogP contribution in [-0.4, -0.2) is 23.0 Å². The van der Waals surface area contributed by atoms with Crippen molar-refractivity contribution in [1.29, 1.82) is 0 Å². The molecule has 0 saturated heterocycles. The summed E-state index contributed by atoms with van der Waals surface area (Å²) in [6.45, 7) is 6.57. The number of aryl methyl sites for hydroxylation is 3. The van der Waals surface area contributed by atoms with Gasteiger partial charge in [0.1, 0.15) is 6.04 Å². The summed E-state index contributed by atoms with van der Waals surface area (Å²) in [6.07, 6.45) is 9.09. The van der Waals surface area contributed by atoms with E-state index in [1.807, 2.05) is 50.2 Å². The first-order valence-corrected chi connectivity index (χ1v) is 14.9. The molecule has 4 rings (SSSR count). The Morgan fingerprint density at radius 3 is 2.40 bits per heavy atom. The Hall–Kier alpha value is -3.44. The van der Waals surface area contributed by atoms with Crippen LogP contribution in [0, 0.1) is 6.92 Å². The standard InChI is InChI=1S/C35H43NO4/c1-4-6-16-33(28-19-18-26-13-8-9-14-27(26)22-28)40-23-25-17-20-30(34(37)36-32(11-5-2)35(38)39)31(21-25)29-15-10-7-12-24(29)3/h7,10,12,15,17-22,32-33H,4-6,8-9,11,13-14,16,23H2,1-3H3,(H,36,37)(H,38,39)/t32-,33-/m0/s1. The van der Waals surface area contributed by atoms with Gasteiger partial charge < -0.3 is 15.2 Å². The average molecular weight is 542 g/mol. The molecule has 0 unspecified atom stereocenters. The summed E-state index contributed by atoms with van der Waals surface area (Å²) >= 11 is 0. The maximum atomic E-state index is 13.3. The monoisotopic (exact) mass is 541 g/mol. The number of aliphatic carboxylic acids is 1. The molecular weight excluding hydrogens is 498 g/mol. The Balaban J connectivity index is 1.61. The zero-order valence-corrected chi connectivity index (χ0v) is 24.2. The first kappa shape index (κ1) is 29.5. The summed E-state index contributed by atoms with van der Waals surface area (Å²) in [5.74, 6) is -1.39. The lowest BCUT2D eigenvalue weighted by atomic mass is 9.89. The van der Waals surface area contributed by atoms with Gasteiger partial charge in [-0.3, -0.25) is 4.79 Å². The van der Waals surface area contributed by atoms with Crippen LogP contribution in [0.5, 0.6) is 0 Å². The number of unbranched alkanes of at least 4 members (excludes halogenated alkanes) is 1. The summed E-state index contributed by atoms with van der Waals surface area (Å²) in [6, 6.07) is 19.7. The first-order chi connectivity index (χ1) is 19.4. The summed E-state index contributed by atoms with van der Waals surface area (Å²) in [5.41, 5.74) is 8.44. The molecule has 1 aliphatic rings. The number of fused-ring (bicyclic) bond motifs is 1. The van der Waals surface area contributed by atoms with Gasteiger partial charge in [0.25, 0.3) is 5.91 Å². The number of carboxylic acid groups (broad SMARTS) is 1. The van der Waals surface area contributed by atoms with Gasteiger partial charge in [0.05, 0.1) is 12.7 Å². The number of hydrogen-bond acceptors (Lipinski definition) is 3. The van der Waals surface area contributed by atoms with E-state index < -0.39 is 12.0 Å². The van der Waals surface area contributed by atoms with Crippen molar-refractivity contribution in [2.45, 2.75) is 97.3 Å². The molecule has 5 heteroatoms. The highest BCUT2D eigenvalue weighted by Gasteiger charge is 2.23. The predicted octanol–water partition coefficient (Wildman–Crippen LogP) is 7.97. The van der Waals surface area contributed by atoms with Gasteiger partial charge in [-0.1, -0.05) is 81.6 Å². The molecule has 0 spiro atoms. The highest BCUT2D eigenvalue weighted by atomic mass is 16.5. The summed E-state index contributed by atoms with van der Waals surface area (Å²) in [4.78, 5) is 25.0. The van der Waals surface area contributed by atoms with Crippen LogP contribution in [-0.2, 0) is 29.0 Å². The van der Waals surface area contributed by atoms with E-state index in [1.54, 1.807) is 6.07 Å². The van der Waals surface area contributed by atoms with Crippen LogP contribution in [0.4, 0.5) is 0 Å². The largest absolute Gasteiger partial charge is 0.480 e. The second-order valence-corrected chi connectivity index (χ2v) is 11.0. The van der Waals surface area contributed by atoms with Crippen molar-refractivity contribution in [3.63, 3.8) is 0 Å². The van der Waals surface area contributed by atoms with Gasteiger partial charge in [-0.05, 0) is 96.5 Å². The lowest BCUT2D eigenvalue weighted by Crippen LogP contribution is -2.40. The predicted molar refractivity (Wildman–Crippen MR) is 161 cm³/mol. The van der Waals surface area contributed by atoms with E-state index in [2.05, 4.69) is 30.4 Å². The number of carbonyl (C=O) groups excluding carboxylic acids is 1. The SMILES string of the molecule is CCCC[C@H](OCc1ccc(C(=O)N[C@@H](CCC)C(=O)O)c(-c2ccccc2C)c1)c1ccc2c(c1)CCCC2. The van der Waals surface area contributed by atoms with Gasteiger partial charge >= 0.3 is 5.97 Å². The fraction of sp³-hybridized carbons (Fsp3) is 0.429. The maximum Gasteiger partial charge on any atom is 0.326 e. The summed E-state index contributed by atoms with van der Waals surface area (Å²) in [7, 11) is 0. The number of amides is 1. The van der Waals surface area contributed by atoms with Crippen LogP contribution in [0.3, 0.4) is 0 Å². The molecule has 5 nitrogen and oxygen atoms in total. The molecule has 2 N–H and O–H groups in total. The van der Waals surface area contributed by atoms with Crippen molar-refractivity contribution in [2.24, 2.45) is 0 Å². The minimum absolute atomic E-state index is 0.0161. The lowest BCUT2D eigenvalue weighted by molar-refractivity contribution is -0.139. The molecule has 0 heterocycles. The molecule has 3 aromatic rings. The Bertz CT molecular complexity index is 1310. The van der Waals surface area contributed by atoms with E-state index >= 15 is 0 Å². The second-order valence-electron chi connectivity index (χ2n) is 11.0. The highest BCUT2D eigenvalue weighted by molar-refractivity contribution is 6.02. The third-order valence-corrected chi connectivity index (χ3v) is 7.96. The zero-order chi connectivity index (χ0) is 28.5. The zero-order valence-electron chi connectivity index (χ0n) is 24.2. The molecule has 2 atom stereocenters. The molecule has 0 saturated carbocycles. The van der Waals surface area contributed by atoms with E-state index in [4.69, 9.17) is 4.74 Å². The molecule has 0 fully saturated rings. The Labute approximate surface area is 239 Å². The molecule has 0 bridgehead atoms. The Morgan fingerprint density at radius 2 is 1.68 bits per heavy atom. The third kappa shape index (κ3) is 7.39. The average Bonchev–Trinajstić information content (AvgIpc) is 2.96. The molecule has 3 aromatic carbocycles. The molecule has 0 aromatic heterocycles. The van der Waals surface area contributed by atoms with Crippen LogP contribution >= 0.6 is 0 Å². The number of carbonyl (C=O) groups is 2. The van der Waals surface area contributed by atoms with Crippen molar-refractivity contribution >= 4 is 11.9 Å². The molecular formula is C35H43NO4. The lowest BCUT2D eigenvalue weighted by Gasteiger charge is -2.22. The van der Waals surface area contributed by atoms with E-state index in [-0.39, 0.29) is 12.0 Å². The van der Waals surface area contributed by atoms with Crippen LogP contribution < -0.4 is 5.32 Å². The van der Waals surface area contributed by atoms with Crippen molar-refractivity contribution < 1.29 is 19.4 Å².